The molecule has 0 aliphatic carbocycles. The van der Waals surface area contributed by atoms with E-state index in [0.29, 0.717) is 0 Å². The highest BCUT2D eigenvalue weighted by molar-refractivity contribution is 7.89. The predicted octanol–water partition coefficient (Wildman–Crippen LogP) is 1.09. The Balaban J connectivity index is 2.64. The monoisotopic (exact) mass is 248 g/mol. The van der Waals surface area contributed by atoms with E-state index in [1.54, 1.807) is 0 Å². The molecule has 1 heterocycles. The van der Waals surface area contributed by atoms with Crippen LogP contribution >= 0.6 is 0 Å². The first-order valence-electron chi connectivity index (χ1n) is 5.84. The van der Waals surface area contributed by atoms with Gasteiger partial charge in [0.15, 0.2) is 0 Å². The summed E-state index contributed by atoms with van der Waals surface area (Å²) >= 11 is 0. The Bertz CT molecular complexity index is 324. The smallest absolute Gasteiger partial charge is 0.212 e. The van der Waals surface area contributed by atoms with Gasteiger partial charge in [0.1, 0.15) is 0 Å². The molecule has 1 aliphatic heterocycles. The molecule has 0 aromatic heterocycles. The molecule has 0 bridgehead atoms. The van der Waals surface area contributed by atoms with Crippen LogP contribution in [0.25, 0.3) is 0 Å². The van der Waals surface area contributed by atoms with E-state index in [4.69, 9.17) is 0 Å². The highest BCUT2D eigenvalue weighted by Crippen LogP contribution is 2.21. The van der Waals surface area contributed by atoms with Gasteiger partial charge in [0.2, 0.25) is 10.0 Å². The van der Waals surface area contributed by atoms with Crippen molar-refractivity contribution in [1.82, 2.24) is 10.0 Å². The molecule has 4 nitrogen and oxygen atoms in total. The summed E-state index contributed by atoms with van der Waals surface area (Å²) in [4.78, 5) is 0. The average Bonchev–Trinajstić information content (AvgIpc) is 1.97. The van der Waals surface area contributed by atoms with Gasteiger partial charge >= 0.3 is 0 Å². The summed E-state index contributed by atoms with van der Waals surface area (Å²) in [5, 5.41) is 3.24. The summed E-state index contributed by atoms with van der Waals surface area (Å²) in [5.41, 5.74) is -0.468. The summed E-state index contributed by atoms with van der Waals surface area (Å²) in [6.07, 6.45) is 1.72. The molecule has 0 saturated carbocycles. The maximum atomic E-state index is 12.0. The first kappa shape index (κ1) is 13.9. The topological polar surface area (TPSA) is 58.2 Å². The Morgan fingerprint density at radius 2 is 1.75 bits per heavy atom. The van der Waals surface area contributed by atoms with E-state index in [0.717, 1.165) is 25.9 Å². The molecule has 0 atom stereocenters. The number of sulfonamides is 1. The van der Waals surface area contributed by atoms with E-state index in [9.17, 15) is 8.42 Å². The zero-order valence-electron chi connectivity index (χ0n) is 10.8. The second-order valence-electron chi connectivity index (χ2n) is 6.23. The molecule has 0 aromatic carbocycles. The number of rotatable bonds is 3. The number of hydrogen-bond acceptors (Lipinski definition) is 3. The second-order valence-corrected chi connectivity index (χ2v) is 7.95. The molecule has 1 rings (SSSR count). The van der Waals surface area contributed by atoms with E-state index in [1.165, 1.54) is 0 Å². The molecular weight excluding hydrogens is 224 g/mol. The minimum atomic E-state index is -3.18. The molecule has 96 valence electrons. The highest BCUT2D eigenvalue weighted by atomic mass is 32.2. The molecule has 2 N–H and O–H groups in total. The molecule has 1 saturated heterocycles. The van der Waals surface area contributed by atoms with Crippen molar-refractivity contribution < 1.29 is 8.42 Å². The van der Waals surface area contributed by atoms with E-state index >= 15 is 0 Å². The predicted molar refractivity (Wildman–Crippen MR) is 66.9 cm³/mol. The third-order valence-electron chi connectivity index (χ3n) is 2.73. The summed E-state index contributed by atoms with van der Waals surface area (Å²) in [7, 11) is -3.18. The summed E-state index contributed by atoms with van der Waals surface area (Å²) in [6.45, 7) is 9.59. The van der Waals surface area contributed by atoms with Crippen molar-refractivity contribution in [3.05, 3.63) is 0 Å². The SMILES string of the molecule is CC(C)(C)CS(=O)(=O)NC1(C)CCNCC1. The molecule has 0 amide bonds. The Kier molecular flexibility index (Phi) is 4.03. The van der Waals surface area contributed by atoms with Gasteiger partial charge in [-0.1, -0.05) is 20.8 Å². The molecule has 5 heteroatoms. The van der Waals surface area contributed by atoms with Crippen molar-refractivity contribution in [3.8, 4) is 0 Å². The summed E-state index contributed by atoms with van der Waals surface area (Å²) < 4.78 is 26.8. The zero-order valence-corrected chi connectivity index (χ0v) is 11.6. The van der Waals surface area contributed by atoms with Crippen molar-refractivity contribution in [1.29, 1.82) is 0 Å². The van der Waals surface area contributed by atoms with Crippen LogP contribution in [0.3, 0.4) is 0 Å². The highest BCUT2D eigenvalue weighted by Gasteiger charge is 2.33. The minimum absolute atomic E-state index is 0.184. The van der Waals surface area contributed by atoms with Crippen LogP contribution in [0.1, 0.15) is 40.5 Å². The molecule has 16 heavy (non-hydrogen) atoms. The zero-order chi connectivity index (χ0) is 12.4. The molecule has 0 aromatic rings. The van der Waals surface area contributed by atoms with Crippen molar-refractivity contribution in [3.63, 3.8) is 0 Å². The third-order valence-corrected chi connectivity index (χ3v) is 4.78. The normalized spacial score (nSPS) is 22.0. The van der Waals surface area contributed by atoms with Crippen LogP contribution in [-0.4, -0.2) is 32.8 Å². The van der Waals surface area contributed by atoms with Gasteiger partial charge in [-0.15, -0.1) is 0 Å². The van der Waals surface area contributed by atoms with Crippen LogP contribution in [0.15, 0.2) is 0 Å². The largest absolute Gasteiger partial charge is 0.317 e. The van der Waals surface area contributed by atoms with E-state index < -0.39 is 10.0 Å². The fourth-order valence-electron chi connectivity index (χ4n) is 2.06. The lowest BCUT2D eigenvalue weighted by Gasteiger charge is -2.35. The van der Waals surface area contributed by atoms with Crippen molar-refractivity contribution in [2.24, 2.45) is 5.41 Å². The number of nitrogens with one attached hydrogen (secondary N) is 2. The Hall–Kier alpha value is -0.130. The van der Waals surface area contributed by atoms with Crippen LogP contribution in [-0.2, 0) is 10.0 Å². The molecule has 1 aliphatic rings. The minimum Gasteiger partial charge on any atom is -0.317 e. The van der Waals surface area contributed by atoms with Crippen molar-refractivity contribution in [2.75, 3.05) is 18.8 Å². The van der Waals surface area contributed by atoms with Gasteiger partial charge in [-0.25, -0.2) is 13.1 Å². The van der Waals surface area contributed by atoms with E-state index in [1.807, 2.05) is 27.7 Å². The molecule has 0 radical (unpaired) electrons. The standard InChI is InChI=1S/C11H24N2O2S/c1-10(2,3)9-16(14,15)13-11(4)5-7-12-8-6-11/h12-13H,5-9H2,1-4H3. The lowest BCUT2D eigenvalue weighted by Crippen LogP contribution is -2.53. The van der Waals surface area contributed by atoms with E-state index in [-0.39, 0.29) is 16.7 Å². The molecule has 1 fully saturated rings. The number of hydrogen-bond donors (Lipinski definition) is 2. The van der Waals surface area contributed by atoms with E-state index in [2.05, 4.69) is 10.0 Å². The number of piperidine rings is 1. The molecular formula is C11H24N2O2S. The van der Waals surface area contributed by atoms with Crippen molar-refractivity contribution in [2.45, 2.75) is 46.1 Å². The summed E-state index contributed by atoms with van der Waals surface area (Å²) in [6, 6.07) is 0. The maximum absolute atomic E-state index is 12.0. The van der Waals surface area contributed by atoms with Gasteiger partial charge in [-0.3, -0.25) is 0 Å². The maximum Gasteiger partial charge on any atom is 0.212 e. The summed E-state index contributed by atoms with van der Waals surface area (Å²) in [5.74, 6) is 0.184. The quantitative estimate of drug-likeness (QED) is 0.786. The Labute approximate surface area is 99.2 Å². The third kappa shape index (κ3) is 4.80. The first-order valence-corrected chi connectivity index (χ1v) is 7.50. The molecule has 0 spiro atoms. The van der Waals surface area contributed by atoms with Crippen LogP contribution in [0.5, 0.6) is 0 Å². The van der Waals surface area contributed by atoms with Gasteiger partial charge in [0, 0.05) is 5.54 Å². The van der Waals surface area contributed by atoms with Crippen LogP contribution in [0, 0.1) is 5.41 Å². The van der Waals surface area contributed by atoms with Crippen LogP contribution in [0.2, 0.25) is 0 Å². The van der Waals surface area contributed by atoms with Gasteiger partial charge in [0.05, 0.1) is 5.75 Å². The molecule has 0 unspecified atom stereocenters. The van der Waals surface area contributed by atoms with Gasteiger partial charge in [0.25, 0.3) is 0 Å². The van der Waals surface area contributed by atoms with Crippen LogP contribution < -0.4 is 10.0 Å². The lowest BCUT2D eigenvalue weighted by molar-refractivity contribution is 0.306. The van der Waals surface area contributed by atoms with Crippen LogP contribution in [0.4, 0.5) is 0 Å². The second kappa shape index (κ2) is 4.63. The van der Waals surface area contributed by atoms with Gasteiger partial charge in [-0.05, 0) is 38.3 Å². The fraction of sp³-hybridized carbons (Fsp3) is 1.00. The average molecular weight is 248 g/mol. The lowest BCUT2D eigenvalue weighted by atomic mass is 9.92. The van der Waals surface area contributed by atoms with Gasteiger partial charge < -0.3 is 5.32 Å². The Morgan fingerprint density at radius 3 is 2.19 bits per heavy atom. The first-order chi connectivity index (χ1) is 7.12. The van der Waals surface area contributed by atoms with Gasteiger partial charge in [-0.2, -0.15) is 0 Å². The van der Waals surface area contributed by atoms with Crippen molar-refractivity contribution >= 4 is 10.0 Å². The Morgan fingerprint density at radius 1 is 1.25 bits per heavy atom. The fourth-order valence-corrected chi connectivity index (χ4v) is 4.23.